The average molecular weight is 481 g/mol. The number of ketones is 1. The number of Topliss-reactive ketones (excluding diaryl/α,β-unsaturated/α-hetero) is 1. The minimum atomic E-state index is -1.57. The van der Waals surface area contributed by atoms with Gasteiger partial charge in [0.15, 0.2) is 5.78 Å². The Morgan fingerprint density at radius 1 is 0.971 bits per heavy atom. The predicted octanol–water partition coefficient (Wildman–Crippen LogP) is 2.62. The lowest BCUT2D eigenvalue weighted by Crippen LogP contribution is -2.56. The van der Waals surface area contributed by atoms with Gasteiger partial charge in [0.1, 0.15) is 0 Å². The van der Waals surface area contributed by atoms with E-state index in [9.17, 15) is 19.6 Å². The Balaban J connectivity index is 2.87. The van der Waals surface area contributed by atoms with Crippen molar-refractivity contribution in [3.63, 3.8) is 0 Å². The van der Waals surface area contributed by atoms with Gasteiger partial charge in [0.2, 0.25) is 11.8 Å². The van der Waals surface area contributed by atoms with Gasteiger partial charge in [0.05, 0.1) is 23.3 Å². The van der Waals surface area contributed by atoms with Crippen molar-refractivity contribution in [2.24, 2.45) is 34.7 Å². The van der Waals surface area contributed by atoms with E-state index in [1.165, 1.54) is 0 Å². The topological polar surface area (TPSA) is 148 Å². The Morgan fingerprint density at radius 3 is 2.03 bits per heavy atom. The number of benzene rings is 2. The van der Waals surface area contributed by atoms with Gasteiger partial charge in [-0.15, -0.1) is 0 Å². The van der Waals surface area contributed by atoms with Crippen LogP contribution in [0.25, 0.3) is 6.08 Å². The van der Waals surface area contributed by atoms with E-state index in [2.05, 4.69) is 5.43 Å². The first-order valence-electron chi connectivity index (χ1n) is 11.7. The number of rotatable bonds is 12. The van der Waals surface area contributed by atoms with Gasteiger partial charge in [-0.3, -0.25) is 25.0 Å². The predicted molar refractivity (Wildman–Crippen MR) is 135 cm³/mol. The Labute approximate surface area is 206 Å². The second-order valence-electron chi connectivity index (χ2n) is 9.30. The van der Waals surface area contributed by atoms with E-state index in [0.717, 1.165) is 11.1 Å². The highest BCUT2D eigenvalue weighted by Crippen LogP contribution is 2.43. The van der Waals surface area contributed by atoms with Crippen LogP contribution in [0.4, 0.5) is 0 Å². The van der Waals surface area contributed by atoms with E-state index in [-0.39, 0.29) is 18.8 Å². The number of nitrogens with one attached hydrogen (secondary N) is 2. The van der Waals surface area contributed by atoms with Gasteiger partial charge in [0, 0.05) is 0 Å². The molecule has 0 saturated heterocycles. The molecule has 0 spiro atoms. The molecular weight excluding hydrogens is 444 g/mol. The van der Waals surface area contributed by atoms with Gasteiger partial charge in [-0.25, -0.2) is 11.3 Å². The molecule has 0 bridgehead atoms. The fraction of sp³-hybridized carbons (Fsp3) is 0.370. The highest BCUT2D eigenvalue weighted by molar-refractivity contribution is 5.99. The van der Waals surface area contributed by atoms with E-state index in [1.54, 1.807) is 24.6 Å². The van der Waals surface area contributed by atoms with Crippen LogP contribution in [-0.2, 0) is 20.8 Å². The van der Waals surface area contributed by atoms with E-state index < -0.39 is 40.9 Å². The fourth-order valence-electron chi connectivity index (χ4n) is 4.62. The number of amides is 2. The molecule has 4 atom stereocenters. The lowest BCUT2D eigenvalue weighted by atomic mass is 9.60. The molecule has 7 N–H and O–H groups in total. The summed E-state index contributed by atoms with van der Waals surface area (Å²) in [5.41, 5.74) is 9.97. The molecule has 0 saturated carbocycles. The summed E-state index contributed by atoms with van der Waals surface area (Å²) in [7, 11) is 0. The van der Waals surface area contributed by atoms with E-state index in [4.69, 9.17) is 11.6 Å². The number of hydrogen-bond acceptors (Lipinski definition) is 6. The van der Waals surface area contributed by atoms with Crippen LogP contribution in [0, 0.1) is 23.2 Å². The molecule has 2 rings (SSSR count). The fourth-order valence-corrected chi connectivity index (χ4v) is 4.62. The molecule has 0 fully saturated rings. The lowest BCUT2D eigenvalue weighted by Gasteiger charge is -2.41. The van der Waals surface area contributed by atoms with Crippen molar-refractivity contribution in [3.8, 4) is 0 Å². The number of nitrogens with two attached hydrogens (primary N) is 2. The lowest BCUT2D eigenvalue weighted by molar-refractivity contribution is -0.150. The quantitative estimate of drug-likeness (QED) is 0.137. The molecule has 0 aliphatic rings. The molecule has 8 nitrogen and oxygen atoms in total. The maximum absolute atomic E-state index is 14.0. The highest BCUT2D eigenvalue weighted by atomic mass is 16.5. The third-order valence-electron chi connectivity index (χ3n) is 6.14. The van der Waals surface area contributed by atoms with Crippen molar-refractivity contribution in [2.75, 3.05) is 0 Å². The molecule has 2 aromatic rings. The van der Waals surface area contributed by atoms with Crippen LogP contribution in [0.1, 0.15) is 38.3 Å². The van der Waals surface area contributed by atoms with E-state index in [1.807, 2.05) is 74.5 Å². The van der Waals surface area contributed by atoms with Crippen LogP contribution in [0.3, 0.4) is 0 Å². The first-order chi connectivity index (χ1) is 16.7. The maximum Gasteiger partial charge on any atom is 0.248 e. The number of allylic oxidation sites excluding steroid dienone is 1. The van der Waals surface area contributed by atoms with Gasteiger partial charge in [-0.1, -0.05) is 86.7 Å². The Kier molecular flexibility index (Phi) is 10.3. The van der Waals surface area contributed by atoms with Crippen LogP contribution in [-0.4, -0.2) is 28.8 Å². The molecule has 188 valence electrons. The van der Waals surface area contributed by atoms with Crippen molar-refractivity contribution in [1.29, 1.82) is 0 Å². The zero-order chi connectivity index (χ0) is 26.0. The third kappa shape index (κ3) is 7.08. The number of carbonyl (C=O) groups is 3. The van der Waals surface area contributed by atoms with Crippen LogP contribution in [0.15, 0.2) is 66.7 Å². The summed E-state index contributed by atoms with van der Waals surface area (Å²) in [6.07, 6.45) is 3.73. The normalized spacial score (nSPS) is 15.7. The number of hydrogen-bond donors (Lipinski definition) is 5. The standard InChI is InChI=1S/C27H36N4O4/c1-18(2)16-22(25(33)30-29)23(26(34)31-35)27(24(32)19(3)28,17-21-12-8-5-9-13-21)15-14-20-10-6-4-7-11-20/h4-15,18-19,22-23,35H,16-17,28-29H2,1-3H3,(H,30,33)(H,31,34)/b15-14+/t19-,22-,23-,27?/m1/s1. The second kappa shape index (κ2) is 12.9. The number of hydroxylamine groups is 1. The summed E-state index contributed by atoms with van der Waals surface area (Å²) in [6, 6.07) is 17.5. The maximum atomic E-state index is 14.0. The SMILES string of the molecule is CC(C)C[C@@H](C(=O)NN)[C@H](C(=O)NO)C(/C=C/c1ccccc1)(Cc1ccccc1)C(=O)[C@@H](C)N. The summed E-state index contributed by atoms with van der Waals surface area (Å²) < 4.78 is 0. The van der Waals surface area contributed by atoms with Crippen molar-refractivity contribution >= 4 is 23.7 Å². The minimum absolute atomic E-state index is 0.00998. The summed E-state index contributed by atoms with van der Waals surface area (Å²) in [5.74, 6) is 1.29. The summed E-state index contributed by atoms with van der Waals surface area (Å²) in [5, 5.41) is 9.75. The van der Waals surface area contributed by atoms with Gasteiger partial charge >= 0.3 is 0 Å². The van der Waals surface area contributed by atoms with Crippen molar-refractivity contribution in [3.05, 3.63) is 77.9 Å². The summed E-state index contributed by atoms with van der Waals surface area (Å²) >= 11 is 0. The zero-order valence-corrected chi connectivity index (χ0v) is 20.5. The first-order valence-corrected chi connectivity index (χ1v) is 11.7. The molecular formula is C27H36N4O4. The molecule has 35 heavy (non-hydrogen) atoms. The average Bonchev–Trinajstić information content (AvgIpc) is 2.86. The molecule has 0 radical (unpaired) electrons. The molecule has 2 aromatic carbocycles. The Morgan fingerprint density at radius 2 is 1.54 bits per heavy atom. The van der Waals surface area contributed by atoms with Gasteiger partial charge in [-0.2, -0.15) is 0 Å². The summed E-state index contributed by atoms with van der Waals surface area (Å²) in [4.78, 5) is 40.3. The van der Waals surface area contributed by atoms with E-state index >= 15 is 0 Å². The number of hydrazine groups is 1. The molecule has 1 unspecified atom stereocenters. The first kappa shape index (κ1) is 27.9. The molecule has 0 aliphatic heterocycles. The highest BCUT2D eigenvalue weighted by Gasteiger charge is 2.53. The smallest absolute Gasteiger partial charge is 0.248 e. The molecule has 0 heterocycles. The van der Waals surface area contributed by atoms with Gasteiger partial charge in [0.25, 0.3) is 0 Å². The largest absolute Gasteiger partial charge is 0.322 e. The van der Waals surface area contributed by atoms with Crippen molar-refractivity contribution in [2.45, 2.75) is 39.7 Å². The Bertz CT molecular complexity index is 1010. The van der Waals surface area contributed by atoms with Crippen molar-refractivity contribution < 1.29 is 19.6 Å². The monoisotopic (exact) mass is 480 g/mol. The molecule has 2 amide bonds. The Hall–Kier alpha value is -3.33. The third-order valence-corrected chi connectivity index (χ3v) is 6.14. The number of carbonyl (C=O) groups excluding carboxylic acids is 3. The van der Waals surface area contributed by atoms with Crippen LogP contribution in [0.2, 0.25) is 0 Å². The molecule has 8 heteroatoms. The van der Waals surface area contributed by atoms with Gasteiger partial charge in [-0.05, 0) is 36.8 Å². The minimum Gasteiger partial charge on any atom is -0.322 e. The summed E-state index contributed by atoms with van der Waals surface area (Å²) in [6.45, 7) is 5.35. The zero-order valence-electron chi connectivity index (χ0n) is 20.5. The van der Waals surface area contributed by atoms with Crippen LogP contribution in [0.5, 0.6) is 0 Å². The molecule has 0 aromatic heterocycles. The van der Waals surface area contributed by atoms with Crippen LogP contribution < -0.4 is 22.5 Å². The second-order valence-corrected chi connectivity index (χ2v) is 9.30. The van der Waals surface area contributed by atoms with Crippen molar-refractivity contribution in [1.82, 2.24) is 10.9 Å². The molecule has 0 aliphatic carbocycles. The van der Waals surface area contributed by atoms with Gasteiger partial charge < -0.3 is 5.73 Å². The van der Waals surface area contributed by atoms with Crippen LogP contribution >= 0.6 is 0 Å². The van der Waals surface area contributed by atoms with E-state index in [0.29, 0.717) is 0 Å².